The molecule has 3 heterocycles. The highest BCUT2D eigenvalue weighted by Crippen LogP contribution is 2.38. The van der Waals surface area contributed by atoms with Crippen LogP contribution < -0.4 is 15.0 Å². The van der Waals surface area contributed by atoms with Gasteiger partial charge >= 0.3 is 0 Å². The summed E-state index contributed by atoms with van der Waals surface area (Å²) < 4.78 is 16.1. The minimum absolute atomic E-state index is 0.0782. The van der Waals surface area contributed by atoms with Gasteiger partial charge in [0.05, 0.1) is 26.8 Å². The fourth-order valence-electron chi connectivity index (χ4n) is 3.19. The zero-order chi connectivity index (χ0) is 17.0. The quantitative estimate of drug-likeness (QED) is 0.796. The Hall–Kier alpha value is -1.93. The molecule has 2 aliphatic rings. The molecule has 8 heteroatoms. The molecule has 1 amide bonds. The van der Waals surface area contributed by atoms with Gasteiger partial charge in [0.2, 0.25) is 11.8 Å². The molecular weight excluding hydrogens is 312 g/mol. The second-order valence-electron chi connectivity index (χ2n) is 6.41. The summed E-state index contributed by atoms with van der Waals surface area (Å²) in [5.74, 6) is 1.72. The molecule has 2 saturated heterocycles. The lowest BCUT2D eigenvalue weighted by Gasteiger charge is -2.53. The number of ether oxygens (including phenoxy) is 3. The van der Waals surface area contributed by atoms with Crippen LogP contribution in [0.5, 0.6) is 5.88 Å². The van der Waals surface area contributed by atoms with E-state index in [0.29, 0.717) is 24.9 Å². The van der Waals surface area contributed by atoms with Crippen LogP contribution in [0, 0.1) is 5.92 Å². The molecule has 0 aliphatic carbocycles. The van der Waals surface area contributed by atoms with E-state index in [9.17, 15) is 4.79 Å². The molecule has 1 spiro atoms. The van der Waals surface area contributed by atoms with Crippen molar-refractivity contribution in [2.24, 2.45) is 5.92 Å². The first kappa shape index (κ1) is 16.9. The molecule has 1 aromatic rings. The van der Waals surface area contributed by atoms with Crippen LogP contribution in [0.2, 0.25) is 0 Å². The number of hydrogen-bond donors (Lipinski definition) is 1. The molecular formula is C16H24N4O4. The monoisotopic (exact) mass is 336 g/mol. The molecule has 0 aromatic carbocycles. The average Bonchev–Trinajstić information content (AvgIpc) is 2.59. The van der Waals surface area contributed by atoms with Crippen molar-refractivity contribution in [1.82, 2.24) is 15.3 Å². The van der Waals surface area contributed by atoms with Gasteiger partial charge in [-0.1, -0.05) is 0 Å². The molecule has 132 valence electrons. The van der Waals surface area contributed by atoms with E-state index in [1.165, 1.54) is 13.4 Å². The zero-order valence-corrected chi connectivity index (χ0v) is 14.2. The van der Waals surface area contributed by atoms with E-state index in [0.717, 1.165) is 31.7 Å². The summed E-state index contributed by atoms with van der Waals surface area (Å²) in [6.07, 6.45) is 3.56. The highest BCUT2D eigenvalue weighted by Gasteiger charge is 2.47. The van der Waals surface area contributed by atoms with Gasteiger partial charge in [0.15, 0.2) is 0 Å². The first-order valence-electron chi connectivity index (χ1n) is 8.15. The van der Waals surface area contributed by atoms with E-state index in [-0.39, 0.29) is 18.1 Å². The Morgan fingerprint density at radius 2 is 2.29 bits per heavy atom. The fraction of sp³-hybridized carbons (Fsp3) is 0.688. The summed E-state index contributed by atoms with van der Waals surface area (Å²) in [7, 11) is 3.11. The Balaban J connectivity index is 1.44. The largest absolute Gasteiger partial charge is 0.481 e. The highest BCUT2D eigenvalue weighted by atomic mass is 16.5. The minimum atomic E-state index is -0.0784. The standard InChI is InChI=1S/C16H24N4O4/c1-22-8-14(21)17-6-12-3-4-16(24-7-12)9-20(10-16)13-5-15(23-2)19-11-18-13/h5,11-12H,3-4,6-10H2,1-2H3,(H,17,21)/t12-/m0/s1. The predicted molar refractivity (Wildman–Crippen MR) is 87.1 cm³/mol. The number of amides is 1. The Morgan fingerprint density at radius 3 is 2.96 bits per heavy atom. The maximum absolute atomic E-state index is 11.4. The molecule has 0 unspecified atom stereocenters. The normalized spacial score (nSPS) is 22.1. The van der Waals surface area contributed by atoms with Crippen LogP contribution in [0.4, 0.5) is 5.82 Å². The molecule has 3 rings (SSSR count). The Labute approximate surface area is 141 Å². The minimum Gasteiger partial charge on any atom is -0.481 e. The van der Waals surface area contributed by atoms with Crippen molar-refractivity contribution in [3.05, 3.63) is 12.4 Å². The maximum Gasteiger partial charge on any atom is 0.245 e. The highest BCUT2D eigenvalue weighted by molar-refractivity contribution is 5.77. The van der Waals surface area contributed by atoms with Gasteiger partial charge in [-0.15, -0.1) is 0 Å². The van der Waals surface area contributed by atoms with Gasteiger partial charge < -0.3 is 24.4 Å². The van der Waals surface area contributed by atoms with Crippen LogP contribution in [-0.4, -0.2) is 68.5 Å². The number of anilines is 1. The second kappa shape index (κ2) is 7.31. The third-order valence-electron chi connectivity index (χ3n) is 4.62. The number of nitrogens with zero attached hydrogens (tertiary/aromatic N) is 3. The molecule has 0 radical (unpaired) electrons. The van der Waals surface area contributed by atoms with Gasteiger partial charge in [-0.05, 0) is 18.8 Å². The Morgan fingerprint density at radius 1 is 1.46 bits per heavy atom. The van der Waals surface area contributed by atoms with E-state index in [1.807, 2.05) is 6.07 Å². The van der Waals surface area contributed by atoms with Crippen LogP contribution in [0.25, 0.3) is 0 Å². The molecule has 24 heavy (non-hydrogen) atoms. The fourth-order valence-corrected chi connectivity index (χ4v) is 3.19. The summed E-state index contributed by atoms with van der Waals surface area (Å²) in [4.78, 5) is 21.9. The first-order chi connectivity index (χ1) is 11.6. The lowest BCUT2D eigenvalue weighted by Crippen LogP contribution is -2.65. The summed E-state index contributed by atoms with van der Waals surface area (Å²) in [5.41, 5.74) is -0.0782. The van der Waals surface area contributed by atoms with E-state index >= 15 is 0 Å². The van der Waals surface area contributed by atoms with E-state index in [1.54, 1.807) is 7.11 Å². The van der Waals surface area contributed by atoms with Gasteiger partial charge in [0.1, 0.15) is 24.4 Å². The molecule has 2 fully saturated rings. The topological polar surface area (TPSA) is 85.8 Å². The van der Waals surface area contributed by atoms with Gasteiger partial charge in [-0.25, -0.2) is 9.97 Å². The Bertz CT molecular complexity index is 567. The van der Waals surface area contributed by atoms with Crippen molar-refractivity contribution >= 4 is 11.7 Å². The van der Waals surface area contributed by atoms with Crippen molar-refractivity contribution in [3.63, 3.8) is 0 Å². The van der Waals surface area contributed by atoms with Crippen molar-refractivity contribution in [3.8, 4) is 5.88 Å². The van der Waals surface area contributed by atoms with Crippen molar-refractivity contribution in [1.29, 1.82) is 0 Å². The maximum atomic E-state index is 11.4. The number of aromatic nitrogens is 2. The van der Waals surface area contributed by atoms with Gasteiger partial charge in [0.25, 0.3) is 0 Å². The number of nitrogens with one attached hydrogen (secondary N) is 1. The van der Waals surface area contributed by atoms with E-state index < -0.39 is 0 Å². The van der Waals surface area contributed by atoms with E-state index in [4.69, 9.17) is 14.2 Å². The third-order valence-corrected chi connectivity index (χ3v) is 4.62. The van der Waals surface area contributed by atoms with Gasteiger partial charge in [-0.3, -0.25) is 4.79 Å². The molecule has 1 atom stereocenters. The molecule has 1 aromatic heterocycles. The molecule has 8 nitrogen and oxygen atoms in total. The van der Waals surface area contributed by atoms with Crippen LogP contribution >= 0.6 is 0 Å². The molecule has 0 bridgehead atoms. The SMILES string of the molecule is COCC(=O)NC[C@@H]1CCC2(CN(c3cc(OC)ncn3)C2)OC1. The van der Waals surface area contributed by atoms with E-state index in [2.05, 4.69) is 20.2 Å². The smallest absolute Gasteiger partial charge is 0.245 e. The lowest BCUT2D eigenvalue weighted by molar-refractivity contribution is -0.127. The number of carbonyl (C=O) groups is 1. The van der Waals surface area contributed by atoms with Crippen molar-refractivity contribution in [2.45, 2.75) is 18.4 Å². The van der Waals surface area contributed by atoms with Gasteiger partial charge in [0, 0.05) is 19.7 Å². The number of carbonyl (C=O) groups excluding carboxylic acids is 1. The lowest BCUT2D eigenvalue weighted by atomic mass is 9.83. The Kier molecular flexibility index (Phi) is 5.15. The number of methoxy groups -OCH3 is 2. The first-order valence-corrected chi connectivity index (χ1v) is 8.15. The van der Waals surface area contributed by atoms with Crippen molar-refractivity contribution < 1.29 is 19.0 Å². The predicted octanol–water partition coefficient (Wildman–Crippen LogP) is 0.233. The van der Waals surface area contributed by atoms with Crippen LogP contribution in [-0.2, 0) is 14.3 Å². The van der Waals surface area contributed by atoms with Crippen LogP contribution in [0.3, 0.4) is 0 Å². The van der Waals surface area contributed by atoms with Gasteiger partial charge in [-0.2, -0.15) is 0 Å². The summed E-state index contributed by atoms with van der Waals surface area (Å²) >= 11 is 0. The second-order valence-corrected chi connectivity index (χ2v) is 6.41. The summed E-state index contributed by atoms with van der Waals surface area (Å²) in [6, 6.07) is 1.84. The van der Waals surface area contributed by atoms with Crippen LogP contribution in [0.1, 0.15) is 12.8 Å². The summed E-state index contributed by atoms with van der Waals surface area (Å²) in [6.45, 7) is 3.08. The molecule has 0 saturated carbocycles. The summed E-state index contributed by atoms with van der Waals surface area (Å²) in [5, 5.41) is 2.88. The van der Waals surface area contributed by atoms with Crippen molar-refractivity contribution in [2.75, 3.05) is 52.0 Å². The average molecular weight is 336 g/mol. The molecule has 2 aliphatic heterocycles. The van der Waals surface area contributed by atoms with Crippen LogP contribution in [0.15, 0.2) is 12.4 Å². The third kappa shape index (κ3) is 3.76. The zero-order valence-electron chi connectivity index (χ0n) is 14.2. The number of hydrogen-bond acceptors (Lipinski definition) is 7. The number of rotatable bonds is 6. The molecule has 1 N–H and O–H groups in total.